The van der Waals surface area contributed by atoms with E-state index in [1.165, 1.54) is 0 Å². The van der Waals surface area contributed by atoms with Crippen molar-refractivity contribution < 1.29 is 23.8 Å². The summed E-state index contributed by atoms with van der Waals surface area (Å²) in [6, 6.07) is 7.52. The summed E-state index contributed by atoms with van der Waals surface area (Å²) in [7, 11) is 1.79. The Hall–Kier alpha value is -3.01. The molecule has 3 aromatic rings. The van der Waals surface area contributed by atoms with Crippen LogP contribution in [0.15, 0.2) is 28.8 Å². The Morgan fingerprint density at radius 3 is 2.68 bits per heavy atom. The minimum absolute atomic E-state index is 0.0380. The normalized spacial score (nSPS) is 15.3. The van der Waals surface area contributed by atoms with Gasteiger partial charge in [0.25, 0.3) is 0 Å². The van der Waals surface area contributed by atoms with E-state index in [9.17, 15) is 5.11 Å². The van der Waals surface area contributed by atoms with Crippen molar-refractivity contribution in [2.45, 2.75) is 45.8 Å². The fourth-order valence-electron chi connectivity index (χ4n) is 3.97. The van der Waals surface area contributed by atoms with Gasteiger partial charge >= 0.3 is 0 Å². The maximum absolute atomic E-state index is 9.96. The zero-order valence-electron chi connectivity index (χ0n) is 20.1. The van der Waals surface area contributed by atoms with Gasteiger partial charge in [0.2, 0.25) is 5.88 Å². The minimum atomic E-state index is -0.602. The molecule has 1 aromatic carbocycles. The Kier molecular flexibility index (Phi) is 7.77. The standard InChI is InChI=1S/C25H32N4O5/c1-15-23(22-16(2)29-34-17(22)3)27-24(28-25(15)33-20-8-10-31-11-9-20)18-6-5-7-21(12-18)32-14-19(30)13-26-4/h5-7,12,19-20,26,30H,8-11,13-14H2,1-4H3. The highest BCUT2D eigenvalue weighted by Crippen LogP contribution is 2.35. The molecule has 1 unspecified atom stereocenters. The molecular formula is C25H32N4O5. The van der Waals surface area contributed by atoms with E-state index >= 15 is 0 Å². The summed E-state index contributed by atoms with van der Waals surface area (Å²) in [6.45, 7) is 7.73. The minimum Gasteiger partial charge on any atom is -0.491 e. The second-order valence-electron chi connectivity index (χ2n) is 8.51. The molecular weight excluding hydrogens is 436 g/mol. The summed E-state index contributed by atoms with van der Waals surface area (Å²) in [5.74, 6) is 2.38. The van der Waals surface area contributed by atoms with Gasteiger partial charge in [-0.25, -0.2) is 4.98 Å². The van der Waals surface area contributed by atoms with Crippen molar-refractivity contribution in [3.05, 3.63) is 41.3 Å². The molecule has 2 N–H and O–H groups in total. The first-order valence-corrected chi connectivity index (χ1v) is 11.6. The lowest BCUT2D eigenvalue weighted by Crippen LogP contribution is -2.29. The third kappa shape index (κ3) is 5.55. The monoisotopic (exact) mass is 468 g/mol. The van der Waals surface area contributed by atoms with Crippen LogP contribution in [0.5, 0.6) is 11.6 Å². The van der Waals surface area contributed by atoms with Crippen molar-refractivity contribution in [3.63, 3.8) is 0 Å². The number of aliphatic hydroxyl groups excluding tert-OH is 1. The quantitative estimate of drug-likeness (QED) is 0.489. The molecule has 1 atom stereocenters. The predicted molar refractivity (Wildman–Crippen MR) is 127 cm³/mol. The Morgan fingerprint density at radius 1 is 1.18 bits per heavy atom. The highest BCUT2D eigenvalue weighted by Gasteiger charge is 2.24. The van der Waals surface area contributed by atoms with Crippen LogP contribution in [-0.2, 0) is 4.74 Å². The highest BCUT2D eigenvalue weighted by atomic mass is 16.5. The number of aliphatic hydroxyl groups is 1. The molecule has 1 aliphatic heterocycles. The Balaban J connectivity index is 1.71. The van der Waals surface area contributed by atoms with Crippen LogP contribution in [0.3, 0.4) is 0 Å². The molecule has 2 aromatic heterocycles. The van der Waals surface area contributed by atoms with Crippen LogP contribution < -0.4 is 14.8 Å². The summed E-state index contributed by atoms with van der Waals surface area (Å²) in [5, 5.41) is 17.0. The first kappa shape index (κ1) is 24.1. The van der Waals surface area contributed by atoms with Crippen LogP contribution in [0.25, 0.3) is 22.6 Å². The summed E-state index contributed by atoms with van der Waals surface area (Å²) in [4.78, 5) is 9.69. The lowest BCUT2D eigenvalue weighted by molar-refractivity contribution is 0.0234. The number of aryl methyl sites for hydroxylation is 2. The third-order valence-corrected chi connectivity index (χ3v) is 5.79. The molecule has 0 radical (unpaired) electrons. The van der Waals surface area contributed by atoms with E-state index in [1.807, 2.05) is 45.0 Å². The second-order valence-corrected chi connectivity index (χ2v) is 8.51. The molecule has 0 bridgehead atoms. The van der Waals surface area contributed by atoms with Crippen LogP contribution >= 0.6 is 0 Å². The number of aromatic nitrogens is 3. The number of nitrogens with one attached hydrogen (secondary N) is 1. The molecule has 9 nitrogen and oxygen atoms in total. The maximum Gasteiger partial charge on any atom is 0.220 e. The van der Waals surface area contributed by atoms with Crippen molar-refractivity contribution in [3.8, 4) is 34.3 Å². The van der Waals surface area contributed by atoms with Crippen LogP contribution in [0.1, 0.15) is 29.9 Å². The number of nitrogens with zero attached hydrogens (tertiary/aromatic N) is 3. The van der Waals surface area contributed by atoms with Crippen molar-refractivity contribution in [2.75, 3.05) is 33.4 Å². The molecule has 1 aliphatic rings. The SMILES string of the molecule is CNCC(O)COc1cccc(-c2nc(OC3CCOCC3)c(C)c(-c3c(C)noc3C)n2)c1. The second kappa shape index (κ2) is 10.9. The van der Waals surface area contributed by atoms with Crippen molar-refractivity contribution in [1.29, 1.82) is 0 Å². The van der Waals surface area contributed by atoms with E-state index in [1.54, 1.807) is 7.05 Å². The number of ether oxygens (including phenoxy) is 3. The summed E-state index contributed by atoms with van der Waals surface area (Å²) < 4.78 is 23.0. The first-order valence-electron chi connectivity index (χ1n) is 11.6. The van der Waals surface area contributed by atoms with Gasteiger partial charge in [-0.2, -0.15) is 4.98 Å². The average Bonchev–Trinajstić information content (AvgIpc) is 3.18. The van der Waals surface area contributed by atoms with Gasteiger partial charge in [0.15, 0.2) is 5.82 Å². The molecule has 1 fully saturated rings. The number of hydrogen-bond donors (Lipinski definition) is 2. The van der Waals surface area contributed by atoms with Crippen LogP contribution in [0.2, 0.25) is 0 Å². The van der Waals surface area contributed by atoms with E-state index in [2.05, 4.69) is 10.5 Å². The number of hydrogen-bond acceptors (Lipinski definition) is 9. The Bertz CT molecular complexity index is 1090. The van der Waals surface area contributed by atoms with Gasteiger partial charge in [-0.05, 0) is 40.0 Å². The van der Waals surface area contributed by atoms with Gasteiger partial charge in [0.1, 0.15) is 30.3 Å². The Labute approximate surface area is 199 Å². The topological polar surface area (TPSA) is 112 Å². The largest absolute Gasteiger partial charge is 0.491 e. The fourth-order valence-corrected chi connectivity index (χ4v) is 3.97. The molecule has 34 heavy (non-hydrogen) atoms. The maximum atomic E-state index is 9.96. The average molecular weight is 469 g/mol. The molecule has 9 heteroatoms. The summed E-state index contributed by atoms with van der Waals surface area (Å²) >= 11 is 0. The van der Waals surface area contributed by atoms with E-state index in [4.69, 9.17) is 28.7 Å². The van der Waals surface area contributed by atoms with Gasteiger partial charge in [-0.3, -0.25) is 0 Å². The van der Waals surface area contributed by atoms with Crippen molar-refractivity contribution >= 4 is 0 Å². The predicted octanol–water partition coefficient (Wildman–Crippen LogP) is 3.24. The zero-order chi connectivity index (χ0) is 24.1. The molecule has 1 saturated heterocycles. The summed E-state index contributed by atoms with van der Waals surface area (Å²) in [6.07, 6.45) is 1.07. The van der Waals surface area contributed by atoms with E-state index in [0.717, 1.165) is 40.9 Å². The molecule has 0 saturated carbocycles. The molecule has 0 spiro atoms. The van der Waals surface area contributed by atoms with Gasteiger partial charge in [0.05, 0.1) is 30.2 Å². The van der Waals surface area contributed by atoms with Crippen LogP contribution in [-0.4, -0.2) is 65.9 Å². The van der Waals surface area contributed by atoms with Crippen LogP contribution in [0, 0.1) is 20.8 Å². The van der Waals surface area contributed by atoms with Gasteiger partial charge < -0.3 is 29.2 Å². The summed E-state index contributed by atoms with van der Waals surface area (Å²) in [5.41, 5.74) is 3.97. The third-order valence-electron chi connectivity index (χ3n) is 5.79. The van der Waals surface area contributed by atoms with Crippen molar-refractivity contribution in [1.82, 2.24) is 20.4 Å². The molecule has 3 heterocycles. The lowest BCUT2D eigenvalue weighted by atomic mass is 10.1. The lowest BCUT2D eigenvalue weighted by Gasteiger charge is -2.24. The zero-order valence-corrected chi connectivity index (χ0v) is 20.1. The molecule has 4 rings (SSSR count). The number of rotatable bonds is 9. The van der Waals surface area contributed by atoms with E-state index in [-0.39, 0.29) is 12.7 Å². The number of benzene rings is 1. The Morgan fingerprint density at radius 2 is 1.97 bits per heavy atom. The molecule has 0 amide bonds. The smallest absolute Gasteiger partial charge is 0.220 e. The van der Waals surface area contributed by atoms with Gasteiger partial charge in [0, 0.05) is 30.5 Å². The van der Waals surface area contributed by atoms with Crippen molar-refractivity contribution in [2.24, 2.45) is 0 Å². The van der Waals surface area contributed by atoms with Gasteiger partial charge in [-0.1, -0.05) is 17.3 Å². The molecule has 0 aliphatic carbocycles. The fraction of sp³-hybridized carbons (Fsp3) is 0.480. The number of likely N-dealkylation sites (N-methyl/N-ethyl adjacent to an activating group) is 1. The first-order chi connectivity index (χ1) is 16.5. The van der Waals surface area contributed by atoms with Crippen LogP contribution in [0.4, 0.5) is 0 Å². The molecule has 182 valence electrons. The highest BCUT2D eigenvalue weighted by molar-refractivity contribution is 5.71. The van der Waals surface area contributed by atoms with Gasteiger partial charge in [-0.15, -0.1) is 0 Å². The van der Waals surface area contributed by atoms with E-state index < -0.39 is 6.10 Å². The van der Waals surface area contributed by atoms with E-state index in [0.29, 0.717) is 43.0 Å².